The van der Waals surface area contributed by atoms with Crippen molar-refractivity contribution in [2.75, 3.05) is 6.61 Å². The molecule has 152 valence electrons. The molecule has 0 bridgehead atoms. The number of benzene rings is 1. The smallest absolute Gasteiger partial charge is 0.295 e. The van der Waals surface area contributed by atoms with Gasteiger partial charge in [-0.15, -0.1) is 11.3 Å². The van der Waals surface area contributed by atoms with Gasteiger partial charge in [0.1, 0.15) is 11.5 Å². The number of thiophene rings is 1. The lowest BCUT2D eigenvalue weighted by atomic mass is 9.96. The monoisotopic (exact) mass is 420 g/mol. The minimum Gasteiger partial charge on any atom is -0.507 e. The summed E-state index contributed by atoms with van der Waals surface area (Å²) >= 11 is 1.51. The Hall–Kier alpha value is -3.45. The molecule has 30 heavy (non-hydrogen) atoms. The van der Waals surface area contributed by atoms with Gasteiger partial charge in [0.15, 0.2) is 0 Å². The average molecular weight is 420 g/mol. The molecule has 1 aromatic carbocycles. The van der Waals surface area contributed by atoms with Crippen molar-refractivity contribution >= 4 is 28.8 Å². The number of aromatic nitrogens is 1. The summed E-state index contributed by atoms with van der Waals surface area (Å²) in [5, 5.41) is 12.9. The number of amides is 1. The number of pyridine rings is 1. The first-order valence-electron chi connectivity index (χ1n) is 9.54. The quantitative estimate of drug-likeness (QED) is 0.368. The van der Waals surface area contributed by atoms with Gasteiger partial charge >= 0.3 is 0 Å². The lowest BCUT2D eigenvalue weighted by Gasteiger charge is -2.24. The van der Waals surface area contributed by atoms with Gasteiger partial charge in [0.05, 0.1) is 24.8 Å². The van der Waals surface area contributed by atoms with Crippen LogP contribution in [0.25, 0.3) is 5.76 Å². The third kappa shape index (κ3) is 3.71. The lowest BCUT2D eigenvalue weighted by molar-refractivity contribution is -0.140. The van der Waals surface area contributed by atoms with Crippen LogP contribution in [0.3, 0.4) is 0 Å². The van der Waals surface area contributed by atoms with E-state index in [1.54, 1.807) is 48.8 Å². The van der Waals surface area contributed by atoms with E-state index in [1.807, 2.05) is 24.4 Å². The fourth-order valence-corrected chi connectivity index (χ4v) is 4.23. The molecule has 0 aliphatic carbocycles. The summed E-state index contributed by atoms with van der Waals surface area (Å²) in [4.78, 5) is 32.4. The maximum absolute atomic E-state index is 13.0. The van der Waals surface area contributed by atoms with Gasteiger partial charge < -0.3 is 14.7 Å². The first-order chi connectivity index (χ1) is 14.6. The second-order valence-corrected chi connectivity index (χ2v) is 7.78. The van der Waals surface area contributed by atoms with Crippen LogP contribution >= 0.6 is 11.3 Å². The summed E-state index contributed by atoms with van der Waals surface area (Å²) < 4.78 is 5.44. The van der Waals surface area contributed by atoms with Crippen LogP contribution in [0.2, 0.25) is 0 Å². The number of rotatable bonds is 6. The third-order valence-corrected chi connectivity index (χ3v) is 5.75. The summed E-state index contributed by atoms with van der Waals surface area (Å²) in [6.07, 6.45) is 3.24. The highest BCUT2D eigenvalue weighted by molar-refractivity contribution is 7.09. The standard InChI is InChI=1S/C23H20N2O4S/c1-2-29-17-9-7-15(8-10-17)21(26)19-20(16-5-3-11-24-13-16)25(23(28)22(19)27)14-18-6-4-12-30-18/h3-13,20,26H,2,14H2,1H3/b21-19-. The number of carbonyl (C=O) groups excluding carboxylic acids is 2. The van der Waals surface area contributed by atoms with Crippen molar-refractivity contribution in [3.05, 3.63) is 87.9 Å². The molecule has 7 heteroatoms. The first-order valence-corrected chi connectivity index (χ1v) is 10.4. The maximum Gasteiger partial charge on any atom is 0.295 e. The number of carbonyl (C=O) groups is 2. The van der Waals surface area contributed by atoms with Crippen molar-refractivity contribution in [3.8, 4) is 5.75 Å². The van der Waals surface area contributed by atoms with E-state index >= 15 is 0 Å². The predicted octanol–water partition coefficient (Wildman–Crippen LogP) is 4.16. The Kier molecular flexibility index (Phi) is 5.63. The Morgan fingerprint density at radius 1 is 1.17 bits per heavy atom. The van der Waals surface area contributed by atoms with E-state index < -0.39 is 17.7 Å². The van der Waals surface area contributed by atoms with Crippen molar-refractivity contribution in [1.82, 2.24) is 9.88 Å². The van der Waals surface area contributed by atoms with E-state index in [0.717, 1.165) is 4.88 Å². The SMILES string of the molecule is CCOc1ccc(/C(O)=C2/C(=O)C(=O)N(Cc3cccs3)C2c2cccnc2)cc1. The number of ketones is 1. The molecule has 0 radical (unpaired) electrons. The molecule has 0 saturated carbocycles. The van der Waals surface area contributed by atoms with Crippen LogP contribution in [0.15, 0.2) is 71.9 Å². The minimum atomic E-state index is -0.715. The van der Waals surface area contributed by atoms with E-state index in [1.165, 1.54) is 16.2 Å². The average Bonchev–Trinajstić information content (AvgIpc) is 3.37. The Balaban J connectivity index is 1.80. The van der Waals surface area contributed by atoms with Crippen molar-refractivity contribution in [2.24, 2.45) is 0 Å². The number of Topliss-reactive ketones (excluding diaryl/α,β-unsaturated/α-hetero) is 1. The van der Waals surface area contributed by atoms with E-state index in [-0.39, 0.29) is 17.9 Å². The molecule has 3 heterocycles. The fraction of sp³-hybridized carbons (Fsp3) is 0.174. The largest absolute Gasteiger partial charge is 0.507 e. The summed E-state index contributed by atoms with van der Waals surface area (Å²) in [6.45, 7) is 2.69. The molecule has 1 unspecified atom stereocenters. The Morgan fingerprint density at radius 3 is 2.60 bits per heavy atom. The zero-order valence-electron chi connectivity index (χ0n) is 16.3. The lowest BCUT2D eigenvalue weighted by Crippen LogP contribution is -2.28. The molecule has 1 saturated heterocycles. The van der Waals surface area contributed by atoms with Gasteiger partial charge in [-0.25, -0.2) is 0 Å². The highest BCUT2D eigenvalue weighted by Gasteiger charge is 2.46. The topological polar surface area (TPSA) is 79.7 Å². The van der Waals surface area contributed by atoms with Gasteiger partial charge in [-0.05, 0) is 54.3 Å². The molecule has 1 amide bonds. The van der Waals surface area contributed by atoms with Crippen molar-refractivity contribution in [2.45, 2.75) is 19.5 Å². The molecule has 1 N–H and O–H groups in total. The number of hydrogen-bond acceptors (Lipinski definition) is 6. The zero-order valence-corrected chi connectivity index (χ0v) is 17.1. The maximum atomic E-state index is 13.0. The van der Waals surface area contributed by atoms with Gasteiger partial charge in [-0.2, -0.15) is 0 Å². The molecule has 1 fully saturated rings. The van der Waals surface area contributed by atoms with E-state index in [4.69, 9.17) is 4.74 Å². The van der Waals surface area contributed by atoms with Gasteiger partial charge in [-0.3, -0.25) is 14.6 Å². The van der Waals surface area contributed by atoms with Crippen LogP contribution < -0.4 is 4.74 Å². The van der Waals surface area contributed by atoms with Gasteiger partial charge in [0, 0.05) is 22.8 Å². The molecule has 4 rings (SSSR count). The summed E-state index contributed by atoms with van der Waals surface area (Å²) in [5.41, 5.74) is 1.18. The van der Waals surface area contributed by atoms with Crippen LogP contribution in [0.1, 0.15) is 29.0 Å². The van der Waals surface area contributed by atoms with Crippen molar-refractivity contribution in [3.63, 3.8) is 0 Å². The molecule has 1 aliphatic rings. The van der Waals surface area contributed by atoms with Gasteiger partial charge in [-0.1, -0.05) is 12.1 Å². The molecule has 1 atom stereocenters. The second-order valence-electron chi connectivity index (χ2n) is 6.75. The summed E-state index contributed by atoms with van der Waals surface area (Å²) in [6, 6.07) is 13.4. The summed E-state index contributed by atoms with van der Waals surface area (Å²) in [7, 11) is 0. The number of aliphatic hydroxyl groups is 1. The highest BCUT2D eigenvalue weighted by Crippen LogP contribution is 2.40. The van der Waals surface area contributed by atoms with Gasteiger partial charge in [0.2, 0.25) is 0 Å². The van der Waals surface area contributed by atoms with E-state index in [0.29, 0.717) is 23.5 Å². The Labute approximate surface area is 178 Å². The first kappa shape index (κ1) is 19.8. The number of hydrogen-bond donors (Lipinski definition) is 1. The van der Waals surface area contributed by atoms with Crippen LogP contribution in [-0.4, -0.2) is 33.3 Å². The van der Waals surface area contributed by atoms with Crippen LogP contribution in [0, 0.1) is 0 Å². The molecular formula is C23H20N2O4S. The highest BCUT2D eigenvalue weighted by atomic mass is 32.1. The minimum absolute atomic E-state index is 0.0636. The number of ether oxygens (including phenoxy) is 1. The Morgan fingerprint density at radius 2 is 1.97 bits per heavy atom. The summed E-state index contributed by atoms with van der Waals surface area (Å²) in [5.74, 6) is -0.883. The molecule has 1 aliphatic heterocycles. The van der Waals surface area contributed by atoms with E-state index in [9.17, 15) is 14.7 Å². The molecule has 0 spiro atoms. The molecule has 6 nitrogen and oxygen atoms in total. The number of nitrogens with zero attached hydrogens (tertiary/aromatic N) is 2. The fourth-order valence-electron chi connectivity index (χ4n) is 3.53. The van der Waals surface area contributed by atoms with E-state index in [2.05, 4.69) is 4.98 Å². The van der Waals surface area contributed by atoms with Crippen LogP contribution in [0.4, 0.5) is 0 Å². The third-order valence-electron chi connectivity index (χ3n) is 4.89. The normalized spacial score (nSPS) is 18.0. The number of aliphatic hydroxyl groups excluding tert-OH is 1. The number of likely N-dealkylation sites (tertiary alicyclic amines) is 1. The zero-order chi connectivity index (χ0) is 21.1. The Bertz CT molecular complexity index is 1080. The van der Waals surface area contributed by atoms with Crippen LogP contribution in [0.5, 0.6) is 5.75 Å². The van der Waals surface area contributed by atoms with Gasteiger partial charge in [0.25, 0.3) is 11.7 Å². The van der Waals surface area contributed by atoms with Crippen LogP contribution in [-0.2, 0) is 16.1 Å². The molecule has 2 aromatic heterocycles. The predicted molar refractivity (Wildman–Crippen MR) is 114 cm³/mol. The van der Waals surface area contributed by atoms with Crippen molar-refractivity contribution in [1.29, 1.82) is 0 Å². The second kappa shape index (κ2) is 8.51. The molecular weight excluding hydrogens is 400 g/mol. The van der Waals surface area contributed by atoms with Crippen molar-refractivity contribution < 1.29 is 19.4 Å². The molecule has 3 aromatic rings.